The fourth-order valence-electron chi connectivity index (χ4n) is 1.64. The number of aromatic nitrogens is 2. The second-order valence-electron chi connectivity index (χ2n) is 4.62. The quantitative estimate of drug-likeness (QED) is 0.516. The summed E-state index contributed by atoms with van der Waals surface area (Å²) in [5, 5.41) is 0. The van der Waals surface area contributed by atoms with Crippen molar-refractivity contribution in [3.8, 4) is 0 Å². The lowest BCUT2D eigenvalue weighted by atomic mass is 10.1. The molecule has 5 N–H and O–H groups in total. The summed E-state index contributed by atoms with van der Waals surface area (Å²) < 4.78 is 26.4. The van der Waals surface area contributed by atoms with Crippen molar-refractivity contribution >= 4 is 10.0 Å². The van der Waals surface area contributed by atoms with Crippen molar-refractivity contribution in [3.05, 3.63) is 27.0 Å². The van der Waals surface area contributed by atoms with Gasteiger partial charge in [0.25, 0.3) is 5.56 Å². The molecule has 8 nitrogen and oxygen atoms in total. The van der Waals surface area contributed by atoms with Gasteiger partial charge in [-0.15, -0.1) is 0 Å². The predicted octanol–water partition coefficient (Wildman–Crippen LogP) is -1.29. The maximum absolute atomic E-state index is 12.0. The Morgan fingerprint density at radius 1 is 1.37 bits per heavy atom. The lowest BCUT2D eigenvalue weighted by Gasteiger charge is -2.18. The Kier molecular flexibility index (Phi) is 5.04. The molecule has 1 atom stereocenters. The van der Waals surface area contributed by atoms with E-state index in [0.717, 1.165) is 6.20 Å². The lowest BCUT2D eigenvalue weighted by molar-refractivity contribution is 0.464. The molecule has 0 saturated heterocycles. The Labute approximate surface area is 110 Å². The maximum Gasteiger partial charge on any atom is 0.325 e. The summed E-state index contributed by atoms with van der Waals surface area (Å²) in [6.07, 6.45) is 1.42. The second-order valence-corrected chi connectivity index (χ2v) is 6.30. The number of sulfonamides is 1. The number of nitrogens with one attached hydrogen (secondary N) is 3. The minimum atomic E-state index is -4.01. The molecule has 0 aliphatic rings. The third-order valence-corrected chi connectivity index (χ3v) is 3.96. The van der Waals surface area contributed by atoms with Gasteiger partial charge in [-0.3, -0.25) is 9.78 Å². The highest BCUT2D eigenvalue weighted by Gasteiger charge is 2.23. The van der Waals surface area contributed by atoms with Gasteiger partial charge in [-0.25, -0.2) is 17.9 Å². The van der Waals surface area contributed by atoms with Crippen LogP contribution in [0.5, 0.6) is 0 Å². The summed E-state index contributed by atoms with van der Waals surface area (Å²) in [5.41, 5.74) is 3.77. The lowest BCUT2D eigenvalue weighted by Crippen LogP contribution is -2.43. The molecule has 0 bridgehead atoms. The number of hydrogen-bond donors (Lipinski definition) is 4. The van der Waals surface area contributed by atoms with Gasteiger partial charge in [-0.1, -0.05) is 13.8 Å². The van der Waals surface area contributed by atoms with Crippen LogP contribution in [-0.4, -0.2) is 31.0 Å². The molecular weight excluding hydrogens is 272 g/mol. The molecule has 0 saturated carbocycles. The van der Waals surface area contributed by atoms with Crippen LogP contribution in [0.4, 0.5) is 0 Å². The van der Waals surface area contributed by atoms with Gasteiger partial charge in [0.05, 0.1) is 0 Å². The Balaban J connectivity index is 3.04. The highest BCUT2D eigenvalue weighted by molar-refractivity contribution is 7.89. The van der Waals surface area contributed by atoms with Crippen molar-refractivity contribution in [2.75, 3.05) is 6.54 Å². The molecule has 9 heteroatoms. The van der Waals surface area contributed by atoms with E-state index in [2.05, 4.69) is 9.71 Å². The van der Waals surface area contributed by atoms with Gasteiger partial charge in [0.15, 0.2) is 4.90 Å². The summed E-state index contributed by atoms with van der Waals surface area (Å²) in [5.74, 6) is 0.255. The molecule has 19 heavy (non-hydrogen) atoms. The Bertz CT molecular complexity index is 631. The van der Waals surface area contributed by atoms with Gasteiger partial charge in [-0.2, -0.15) is 0 Å². The van der Waals surface area contributed by atoms with Gasteiger partial charge in [0.1, 0.15) is 0 Å². The van der Waals surface area contributed by atoms with Crippen molar-refractivity contribution in [1.29, 1.82) is 0 Å². The van der Waals surface area contributed by atoms with Crippen LogP contribution in [0.25, 0.3) is 0 Å². The fourth-order valence-corrected chi connectivity index (χ4v) is 2.91. The molecule has 0 spiro atoms. The summed E-state index contributed by atoms with van der Waals surface area (Å²) in [6.45, 7) is 3.99. The first-order valence-corrected chi connectivity index (χ1v) is 7.29. The minimum absolute atomic E-state index is 0.124. The largest absolute Gasteiger partial charge is 0.329 e. The van der Waals surface area contributed by atoms with Crippen LogP contribution in [0.2, 0.25) is 0 Å². The number of hydrogen-bond acceptors (Lipinski definition) is 5. The predicted molar refractivity (Wildman–Crippen MR) is 70.3 cm³/mol. The highest BCUT2D eigenvalue weighted by atomic mass is 32.2. The first kappa shape index (κ1) is 15.6. The van der Waals surface area contributed by atoms with E-state index < -0.39 is 32.2 Å². The molecule has 1 rings (SSSR count). The topological polar surface area (TPSA) is 138 Å². The molecule has 0 aliphatic heterocycles. The van der Waals surface area contributed by atoms with Crippen LogP contribution < -0.4 is 21.7 Å². The second kappa shape index (κ2) is 6.13. The van der Waals surface area contributed by atoms with Gasteiger partial charge in [0.2, 0.25) is 10.0 Å². The van der Waals surface area contributed by atoms with Crippen molar-refractivity contribution in [2.45, 2.75) is 31.2 Å². The molecule has 0 aromatic carbocycles. The summed E-state index contributed by atoms with van der Waals surface area (Å²) in [7, 11) is -4.01. The van der Waals surface area contributed by atoms with Crippen LogP contribution in [-0.2, 0) is 10.0 Å². The van der Waals surface area contributed by atoms with Gasteiger partial charge in [0, 0.05) is 18.8 Å². The summed E-state index contributed by atoms with van der Waals surface area (Å²) in [6, 6.07) is -0.462. The molecule has 1 aromatic heterocycles. The summed E-state index contributed by atoms with van der Waals surface area (Å²) in [4.78, 5) is 25.7. The summed E-state index contributed by atoms with van der Waals surface area (Å²) >= 11 is 0. The molecule has 0 radical (unpaired) electrons. The Hall–Kier alpha value is -1.45. The first-order valence-electron chi connectivity index (χ1n) is 5.80. The SMILES string of the molecule is CC(C)CC(CN)NS(=O)(=O)c1c[nH]c(=O)[nH]c1=O. The van der Waals surface area contributed by atoms with Crippen molar-refractivity contribution in [3.63, 3.8) is 0 Å². The van der Waals surface area contributed by atoms with E-state index in [9.17, 15) is 18.0 Å². The standard InChI is InChI=1S/C10H18N4O4S/c1-6(2)3-7(4-11)14-19(17,18)8-5-12-10(16)13-9(8)15/h5-7,14H,3-4,11H2,1-2H3,(H2,12,13,15,16). The molecule has 0 fully saturated rings. The molecule has 1 heterocycles. The molecule has 0 amide bonds. The van der Waals surface area contributed by atoms with Gasteiger partial charge >= 0.3 is 5.69 Å². The fraction of sp³-hybridized carbons (Fsp3) is 0.600. The third kappa shape index (κ3) is 4.30. The Morgan fingerprint density at radius 2 is 2.00 bits per heavy atom. The van der Waals surface area contributed by atoms with Crippen molar-refractivity contribution < 1.29 is 8.42 Å². The van der Waals surface area contributed by atoms with E-state index in [4.69, 9.17) is 5.73 Å². The van der Waals surface area contributed by atoms with Crippen LogP contribution >= 0.6 is 0 Å². The van der Waals surface area contributed by atoms with E-state index in [0.29, 0.717) is 6.42 Å². The zero-order valence-electron chi connectivity index (χ0n) is 10.8. The average Bonchev–Trinajstić information content (AvgIpc) is 2.26. The van der Waals surface area contributed by atoms with E-state index in [1.165, 1.54) is 0 Å². The third-order valence-electron chi connectivity index (χ3n) is 2.44. The molecule has 0 aliphatic carbocycles. The van der Waals surface area contributed by atoms with E-state index in [1.807, 2.05) is 18.8 Å². The van der Waals surface area contributed by atoms with Crippen LogP contribution in [0.15, 0.2) is 20.7 Å². The van der Waals surface area contributed by atoms with Crippen LogP contribution in [0.1, 0.15) is 20.3 Å². The van der Waals surface area contributed by atoms with Crippen molar-refractivity contribution in [2.24, 2.45) is 11.7 Å². The highest BCUT2D eigenvalue weighted by Crippen LogP contribution is 2.07. The zero-order valence-corrected chi connectivity index (χ0v) is 11.6. The van der Waals surface area contributed by atoms with E-state index in [1.54, 1.807) is 0 Å². The van der Waals surface area contributed by atoms with Gasteiger partial charge < -0.3 is 10.7 Å². The monoisotopic (exact) mass is 290 g/mol. The number of nitrogens with two attached hydrogens (primary N) is 1. The van der Waals surface area contributed by atoms with Crippen molar-refractivity contribution in [1.82, 2.24) is 14.7 Å². The average molecular weight is 290 g/mol. The zero-order chi connectivity index (χ0) is 14.6. The van der Waals surface area contributed by atoms with Gasteiger partial charge in [-0.05, 0) is 12.3 Å². The number of rotatable bonds is 6. The van der Waals surface area contributed by atoms with Crippen LogP contribution in [0.3, 0.4) is 0 Å². The normalized spacial score (nSPS) is 13.7. The number of aromatic amines is 2. The molecule has 108 valence electrons. The minimum Gasteiger partial charge on any atom is -0.329 e. The van der Waals surface area contributed by atoms with Crippen LogP contribution in [0, 0.1) is 5.92 Å². The van der Waals surface area contributed by atoms with E-state index in [-0.39, 0.29) is 12.5 Å². The molecular formula is C10H18N4O4S. The van der Waals surface area contributed by atoms with E-state index >= 15 is 0 Å². The first-order chi connectivity index (χ1) is 8.76. The smallest absolute Gasteiger partial charge is 0.325 e. The maximum atomic E-state index is 12.0. The molecule has 1 unspecified atom stereocenters. The molecule has 1 aromatic rings. The Morgan fingerprint density at radius 3 is 2.47 bits per heavy atom. The number of H-pyrrole nitrogens is 2.